The minimum Gasteiger partial charge on any atom is -0.497 e. The maximum atomic E-state index is 5.47. The van der Waals surface area contributed by atoms with Crippen molar-refractivity contribution in [2.45, 2.75) is 25.7 Å². The van der Waals surface area contributed by atoms with Gasteiger partial charge in [-0.2, -0.15) is 0 Å². The van der Waals surface area contributed by atoms with Gasteiger partial charge in [-0.05, 0) is 55.5 Å². The van der Waals surface area contributed by atoms with Crippen LogP contribution in [0.4, 0.5) is 0 Å². The molecule has 19 heavy (non-hydrogen) atoms. The standard InChI is InChI=1S/C16H19NO2/c1-11-9-14(12-5-7-19-8-6-12)15-10-13(18-2)3-4-16(15)17-11/h3-4,9-10,12H,5-8H2,1-2H3. The molecule has 3 heteroatoms. The summed E-state index contributed by atoms with van der Waals surface area (Å²) in [6, 6.07) is 8.34. The number of fused-ring (bicyclic) bond motifs is 1. The summed E-state index contributed by atoms with van der Waals surface area (Å²) < 4.78 is 10.8. The van der Waals surface area contributed by atoms with E-state index in [4.69, 9.17) is 9.47 Å². The number of hydrogen-bond acceptors (Lipinski definition) is 3. The molecule has 3 nitrogen and oxygen atoms in total. The van der Waals surface area contributed by atoms with Gasteiger partial charge in [-0.3, -0.25) is 4.98 Å². The van der Waals surface area contributed by atoms with Gasteiger partial charge in [0, 0.05) is 24.3 Å². The van der Waals surface area contributed by atoms with Crippen LogP contribution in [-0.4, -0.2) is 25.3 Å². The largest absolute Gasteiger partial charge is 0.497 e. The summed E-state index contributed by atoms with van der Waals surface area (Å²) in [6.45, 7) is 3.78. The molecule has 0 spiro atoms. The van der Waals surface area contributed by atoms with Gasteiger partial charge in [-0.25, -0.2) is 0 Å². The third kappa shape index (κ3) is 2.43. The molecule has 0 amide bonds. The predicted molar refractivity (Wildman–Crippen MR) is 75.8 cm³/mol. The van der Waals surface area contributed by atoms with Gasteiger partial charge in [0.05, 0.1) is 12.6 Å². The van der Waals surface area contributed by atoms with E-state index in [0.717, 1.165) is 43.0 Å². The average molecular weight is 257 g/mol. The SMILES string of the molecule is COc1ccc2nc(C)cc(C3CCOCC3)c2c1. The van der Waals surface area contributed by atoms with Crippen molar-refractivity contribution in [3.8, 4) is 5.75 Å². The molecule has 0 atom stereocenters. The molecule has 0 saturated carbocycles. The second kappa shape index (κ2) is 5.17. The van der Waals surface area contributed by atoms with E-state index in [1.807, 2.05) is 12.1 Å². The lowest BCUT2D eigenvalue weighted by Crippen LogP contribution is -2.14. The van der Waals surface area contributed by atoms with Crippen LogP contribution in [0.2, 0.25) is 0 Å². The van der Waals surface area contributed by atoms with E-state index in [2.05, 4.69) is 24.0 Å². The summed E-state index contributed by atoms with van der Waals surface area (Å²) in [6.07, 6.45) is 2.19. The molecule has 0 aliphatic carbocycles. The van der Waals surface area contributed by atoms with Crippen molar-refractivity contribution in [2.75, 3.05) is 20.3 Å². The number of pyridine rings is 1. The summed E-state index contributed by atoms with van der Waals surface area (Å²) in [5, 5.41) is 1.22. The summed E-state index contributed by atoms with van der Waals surface area (Å²) in [7, 11) is 1.71. The second-order valence-corrected chi connectivity index (χ2v) is 5.12. The van der Waals surface area contributed by atoms with Crippen LogP contribution in [0.3, 0.4) is 0 Å². The molecule has 0 radical (unpaired) electrons. The van der Waals surface area contributed by atoms with Gasteiger partial charge in [0.15, 0.2) is 0 Å². The van der Waals surface area contributed by atoms with E-state index in [0.29, 0.717) is 5.92 Å². The lowest BCUT2D eigenvalue weighted by Gasteiger charge is -2.24. The van der Waals surface area contributed by atoms with Crippen LogP contribution in [0.25, 0.3) is 10.9 Å². The van der Waals surface area contributed by atoms with E-state index in [1.54, 1.807) is 7.11 Å². The fraction of sp³-hybridized carbons (Fsp3) is 0.438. The van der Waals surface area contributed by atoms with Crippen molar-refractivity contribution in [1.29, 1.82) is 0 Å². The Kier molecular flexibility index (Phi) is 3.38. The molecule has 1 aliphatic rings. The number of rotatable bonds is 2. The molecule has 1 saturated heterocycles. The molecule has 0 unspecified atom stereocenters. The van der Waals surface area contributed by atoms with Gasteiger partial charge in [-0.15, -0.1) is 0 Å². The molecule has 2 heterocycles. The van der Waals surface area contributed by atoms with Crippen molar-refractivity contribution >= 4 is 10.9 Å². The average Bonchev–Trinajstić information content (AvgIpc) is 2.47. The van der Waals surface area contributed by atoms with Gasteiger partial charge in [0.2, 0.25) is 0 Å². The summed E-state index contributed by atoms with van der Waals surface area (Å²) in [5.74, 6) is 1.47. The second-order valence-electron chi connectivity index (χ2n) is 5.12. The van der Waals surface area contributed by atoms with E-state index < -0.39 is 0 Å². The summed E-state index contributed by atoms with van der Waals surface area (Å²) in [5.41, 5.74) is 3.53. The number of benzene rings is 1. The Morgan fingerprint density at radius 2 is 2.00 bits per heavy atom. The summed E-state index contributed by atoms with van der Waals surface area (Å²) >= 11 is 0. The molecule has 1 aliphatic heterocycles. The minimum absolute atomic E-state index is 0.574. The Bertz CT molecular complexity index is 589. The van der Waals surface area contributed by atoms with Crippen LogP contribution in [-0.2, 0) is 4.74 Å². The number of aromatic nitrogens is 1. The van der Waals surface area contributed by atoms with Crippen molar-refractivity contribution in [1.82, 2.24) is 4.98 Å². The Morgan fingerprint density at radius 1 is 1.21 bits per heavy atom. The molecule has 0 bridgehead atoms. The van der Waals surface area contributed by atoms with Crippen LogP contribution in [0, 0.1) is 6.92 Å². The first kappa shape index (κ1) is 12.4. The normalized spacial score (nSPS) is 16.7. The molecule has 3 rings (SSSR count). The van der Waals surface area contributed by atoms with Gasteiger partial charge >= 0.3 is 0 Å². The highest BCUT2D eigenvalue weighted by atomic mass is 16.5. The highest BCUT2D eigenvalue weighted by molar-refractivity contribution is 5.84. The minimum atomic E-state index is 0.574. The fourth-order valence-corrected chi connectivity index (χ4v) is 2.84. The first-order valence-corrected chi connectivity index (χ1v) is 6.81. The predicted octanol–water partition coefficient (Wildman–Crippen LogP) is 3.45. The highest BCUT2D eigenvalue weighted by Gasteiger charge is 2.19. The van der Waals surface area contributed by atoms with E-state index in [-0.39, 0.29) is 0 Å². The topological polar surface area (TPSA) is 31.4 Å². The van der Waals surface area contributed by atoms with Gasteiger partial charge < -0.3 is 9.47 Å². The molecule has 1 aromatic carbocycles. The maximum absolute atomic E-state index is 5.47. The van der Waals surface area contributed by atoms with Gasteiger partial charge in [0.25, 0.3) is 0 Å². The first-order valence-electron chi connectivity index (χ1n) is 6.81. The zero-order valence-electron chi connectivity index (χ0n) is 11.5. The Labute approximate surface area is 113 Å². The highest BCUT2D eigenvalue weighted by Crippen LogP contribution is 2.33. The molecular weight excluding hydrogens is 238 g/mol. The van der Waals surface area contributed by atoms with Gasteiger partial charge in [0.1, 0.15) is 5.75 Å². The van der Waals surface area contributed by atoms with Crippen molar-refractivity contribution in [3.63, 3.8) is 0 Å². The molecule has 1 aromatic heterocycles. The number of aryl methyl sites for hydroxylation is 1. The Hall–Kier alpha value is -1.61. The van der Waals surface area contributed by atoms with Crippen LogP contribution in [0.1, 0.15) is 30.0 Å². The molecule has 100 valence electrons. The molecule has 2 aromatic rings. The van der Waals surface area contributed by atoms with Crippen molar-refractivity contribution in [3.05, 3.63) is 35.5 Å². The van der Waals surface area contributed by atoms with Crippen LogP contribution in [0.15, 0.2) is 24.3 Å². The van der Waals surface area contributed by atoms with E-state index in [9.17, 15) is 0 Å². The van der Waals surface area contributed by atoms with E-state index >= 15 is 0 Å². The van der Waals surface area contributed by atoms with Crippen molar-refractivity contribution in [2.24, 2.45) is 0 Å². The van der Waals surface area contributed by atoms with Crippen LogP contribution in [0.5, 0.6) is 5.75 Å². The van der Waals surface area contributed by atoms with Crippen LogP contribution < -0.4 is 4.74 Å². The third-order valence-corrected chi connectivity index (χ3v) is 3.84. The smallest absolute Gasteiger partial charge is 0.119 e. The Balaban J connectivity index is 2.14. The maximum Gasteiger partial charge on any atom is 0.119 e. The number of hydrogen-bond donors (Lipinski definition) is 0. The lowest BCUT2D eigenvalue weighted by atomic mass is 9.89. The first-order chi connectivity index (χ1) is 9.28. The van der Waals surface area contributed by atoms with Crippen LogP contribution >= 0.6 is 0 Å². The quantitative estimate of drug-likeness (QED) is 0.825. The van der Waals surface area contributed by atoms with E-state index in [1.165, 1.54) is 10.9 Å². The molecule has 0 N–H and O–H groups in total. The van der Waals surface area contributed by atoms with Crippen molar-refractivity contribution < 1.29 is 9.47 Å². The third-order valence-electron chi connectivity index (χ3n) is 3.84. The fourth-order valence-electron chi connectivity index (χ4n) is 2.84. The molecular formula is C16H19NO2. The van der Waals surface area contributed by atoms with Gasteiger partial charge in [-0.1, -0.05) is 0 Å². The molecule has 1 fully saturated rings. The zero-order valence-corrected chi connectivity index (χ0v) is 11.5. The zero-order chi connectivity index (χ0) is 13.2. The number of ether oxygens (including phenoxy) is 2. The lowest BCUT2D eigenvalue weighted by molar-refractivity contribution is 0.0856. The number of nitrogens with zero attached hydrogens (tertiary/aromatic N) is 1. The number of methoxy groups -OCH3 is 1. The monoisotopic (exact) mass is 257 g/mol. The Morgan fingerprint density at radius 3 is 2.74 bits per heavy atom. The summed E-state index contributed by atoms with van der Waals surface area (Å²) in [4.78, 5) is 4.62.